The van der Waals surface area contributed by atoms with E-state index in [1.807, 2.05) is 0 Å². The highest BCUT2D eigenvalue weighted by atomic mass is 16.1. The zero-order chi connectivity index (χ0) is 16.8. The second kappa shape index (κ2) is 5.63. The van der Waals surface area contributed by atoms with E-state index in [0.717, 1.165) is 29.5 Å². The average molecular weight is 306 g/mol. The molecule has 2 aromatic rings. The molecule has 1 aliphatic rings. The van der Waals surface area contributed by atoms with Gasteiger partial charge in [-0.3, -0.25) is 4.79 Å². The van der Waals surface area contributed by atoms with Crippen molar-refractivity contribution in [2.24, 2.45) is 5.92 Å². The molecular formula is C22H26O. The molecule has 1 nitrogen and oxygen atoms in total. The van der Waals surface area contributed by atoms with Crippen LogP contribution in [0.4, 0.5) is 0 Å². The lowest BCUT2D eigenvalue weighted by molar-refractivity contribution is 0.0934. The van der Waals surface area contributed by atoms with Gasteiger partial charge in [-0.05, 0) is 53.0 Å². The highest BCUT2D eigenvalue weighted by molar-refractivity contribution is 6.08. The molecule has 0 aliphatic heterocycles. The summed E-state index contributed by atoms with van der Waals surface area (Å²) in [5.74, 6) is 0.500. The van der Waals surface area contributed by atoms with E-state index in [0.29, 0.717) is 5.78 Å². The highest BCUT2D eigenvalue weighted by Crippen LogP contribution is 2.38. The van der Waals surface area contributed by atoms with Crippen molar-refractivity contribution in [3.05, 3.63) is 58.7 Å². The van der Waals surface area contributed by atoms with Gasteiger partial charge < -0.3 is 0 Å². The van der Waals surface area contributed by atoms with Gasteiger partial charge in [0.1, 0.15) is 0 Å². The van der Waals surface area contributed by atoms with E-state index in [-0.39, 0.29) is 11.3 Å². The standard InChI is InChI=1S/C22H26O/c1-6-15-13-19-14(2)7-12-18(20(19)21(15)23)16-8-10-17(11-9-16)22(3,4)5/h7-12,15H,6,13H2,1-5H3. The number of rotatable bonds is 2. The smallest absolute Gasteiger partial charge is 0.167 e. The van der Waals surface area contributed by atoms with Gasteiger partial charge in [0.05, 0.1) is 0 Å². The Hall–Kier alpha value is -1.89. The minimum Gasteiger partial charge on any atom is -0.294 e. The van der Waals surface area contributed by atoms with E-state index in [9.17, 15) is 4.79 Å². The van der Waals surface area contributed by atoms with Crippen LogP contribution in [0.5, 0.6) is 0 Å². The largest absolute Gasteiger partial charge is 0.294 e. The molecular weight excluding hydrogens is 280 g/mol. The van der Waals surface area contributed by atoms with Crippen molar-refractivity contribution in [3.8, 4) is 11.1 Å². The third kappa shape index (κ3) is 2.73. The topological polar surface area (TPSA) is 17.1 Å². The van der Waals surface area contributed by atoms with Gasteiger partial charge in [0, 0.05) is 11.5 Å². The normalized spacial score (nSPS) is 17.4. The second-order valence-electron chi connectivity index (χ2n) is 7.78. The zero-order valence-corrected chi connectivity index (χ0v) is 14.9. The Morgan fingerprint density at radius 1 is 1.04 bits per heavy atom. The van der Waals surface area contributed by atoms with E-state index in [1.165, 1.54) is 16.7 Å². The quantitative estimate of drug-likeness (QED) is 0.693. The lowest BCUT2D eigenvalue weighted by Crippen LogP contribution is -2.10. The number of aryl methyl sites for hydroxylation is 1. The van der Waals surface area contributed by atoms with Crippen LogP contribution in [0.1, 0.15) is 61.2 Å². The minimum absolute atomic E-state index is 0.150. The van der Waals surface area contributed by atoms with Crippen LogP contribution in [0, 0.1) is 12.8 Å². The van der Waals surface area contributed by atoms with Gasteiger partial charge in [-0.1, -0.05) is 64.1 Å². The number of Topliss-reactive ketones (excluding diaryl/α,β-unsaturated/α-hetero) is 1. The van der Waals surface area contributed by atoms with Crippen LogP contribution >= 0.6 is 0 Å². The molecule has 0 spiro atoms. The minimum atomic E-state index is 0.150. The summed E-state index contributed by atoms with van der Waals surface area (Å²) in [7, 11) is 0. The maximum atomic E-state index is 12.8. The molecule has 0 saturated carbocycles. The van der Waals surface area contributed by atoms with Crippen LogP contribution in [0.3, 0.4) is 0 Å². The van der Waals surface area contributed by atoms with E-state index >= 15 is 0 Å². The van der Waals surface area contributed by atoms with Crippen molar-refractivity contribution in [1.82, 2.24) is 0 Å². The Morgan fingerprint density at radius 3 is 2.26 bits per heavy atom. The number of fused-ring (bicyclic) bond motifs is 1. The van der Waals surface area contributed by atoms with E-state index < -0.39 is 0 Å². The van der Waals surface area contributed by atoms with Crippen molar-refractivity contribution in [2.75, 3.05) is 0 Å². The summed E-state index contributed by atoms with van der Waals surface area (Å²) in [6.45, 7) is 10.9. The first-order valence-corrected chi connectivity index (χ1v) is 8.60. The Kier molecular flexibility index (Phi) is 3.91. The molecule has 23 heavy (non-hydrogen) atoms. The highest BCUT2D eigenvalue weighted by Gasteiger charge is 2.32. The maximum Gasteiger partial charge on any atom is 0.167 e. The van der Waals surface area contributed by atoms with Crippen molar-refractivity contribution in [1.29, 1.82) is 0 Å². The number of carbonyl (C=O) groups is 1. The average Bonchev–Trinajstić information content (AvgIpc) is 2.85. The van der Waals surface area contributed by atoms with E-state index in [4.69, 9.17) is 0 Å². The number of carbonyl (C=O) groups excluding carboxylic acids is 1. The summed E-state index contributed by atoms with van der Waals surface area (Å²) >= 11 is 0. The van der Waals surface area contributed by atoms with E-state index in [1.54, 1.807) is 0 Å². The molecule has 120 valence electrons. The van der Waals surface area contributed by atoms with Gasteiger partial charge in [-0.25, -0.2) is 0 Å². The van der Waals surface area contributed by atoms with Gasteiger partial charge in [0.2, 0.25) is 0 Å². The summed E-state index contributed by atoms with van der Waals surface area (Å²) in [6, 6.07) is 13.0. The Bertz CT molecular complexity index is 745. The molecule has 0 fully saturated rings. The summed E-state index contributed by atoms with van der Waals surface area (Å²) in [4.78, 5) is 12.8. The van der Waals surface area contributed by atoms with Crippen LogP contribution in [-0.2, 0) is 11.8 Å². The number of benzene rings is 2. The third-order valence-electron chi connectivity index (χ3n) is 5.17. The van der Waals surface area contributed by atoms with Crippen molar-refractivity contribution >= 4 is 5.78 Å². The first-order chi connectivity index (χ1) is 10.8. The molecule has 0 aromatic heterocycles. The summed E-state index contributed by atoms with van der Waals surface area (Å²) in [5.41, 5.74) is 7.21. The SMILES string of the molecule is CCC1Cc2c(C)ccc(-c3ccc(C(C)(C)C)cc3)c2C1=O. The maximum absolute atomic E-state index is 12.8. The molecule has 0 bridgehead atoms. The summed E-state index contributed by atoms with van der Waals surface area (Å²) < 4.78 is 0. The molecule has 0 saturated heterocycles. The lowest BCUT2D eigenvalue weighted by atomic mass is 9.85. The molecule has 3 rings (SSSR count). The number of ketones is 1. The first kappa shape index (κ1) is 16.0. The molecule has 0 heterocycles. The van der Waals surface area contributed by atoms with Crippen molar-refractivity contribution in [2.45, 2.75) is 52.9 Å². The van der Waals surface area contributed by atoms with Gasteiger partial charge in [0.25, 0.3) is 0 Å². The van der Waals surface area contributed by atoms with Crippen LogP contribution in [-0.4, -0.2) is 5.78 Å². The second-order valence-corrected chi connectivity index (χ2v) is 7.78. The molecule has 1 heteroatoms. The molecule has 0 N–H and O–H groups in total. The Labute approximate surface area is 139 Å². The Balaban J connectivity index is 2.09. The zero-order valence-electron chi connectivity index (χ0n) is 14.9. The predicted molar refractivity (Wildman–Crippen MR) is 97.1 cm³/mol. The predicted octanol–water partition coefficient (Wildman–Crippen LogP) is 5.72. The molecule has 1 unspecified atom stereocenters. The molecule has 2 aromatic carbocycles. The fourth-order valence-electron chi connectivity index (χ4n) is 3.56. The first-order valence-electron chi connectivity index (χ1n) is 8.60. The third-order valence-corrected chi connectivity index (χ3v) is 5.17. The van der Waals surface area contributed by atoms with Crippen molar-refractivity contribution < 1.29 is 4.79 Å². The molecule has 1 aliphatic carbocycles. The fraction of sp³-hybridized carbons (Fsp3) is 0.409. The molecule has 0 amide bonds. The number of hydrogen-bond acceptors (Lipinski definition) is 1. The van der Waals surface area contributed by atoms with Crippen LogP contribution in [0.15, 0.2) is 36.4 Å². The van der Waals surface area contributed by atoms with Crippen LogP contribution in [0.2, 0.25) is 0 Å². The van der Waals surface area contributed by atoms with Crippen molar-refractivity contribution in [3.63, 3.8) is 0 Å². The van der Waals surface area contributed by atoms with Crippen LogP contribution < -0.4 is 0 Å². The Morgan fingerprint density at radius 2 is 1.70 bits per heavy atom. The van der Waals surface area contributed by atoms with Crippen LogP contribution in [0.25, 0.3) is 11.1 Å². The lowest BCUT2D eigenvalue weighted by Gasteiger charge is -2.19. The van der Waals surface area contributed by atoms with E-state index in [2.05, 4.69) is 71.0 Å². The monoisotopic (exact) mass is 306 g/mol. The molecule has 0 radical (unpaired) electrons. The number of hydrogen-bond donors (Lipinski definition) is 0. The van der Waals surface area contributed by atoms with Gasteiger partial charge in [-0.2, -0.15) is 0 Å². The summed E-state index contributed by atoms with van der Waals surface area (Å²) in [6.07, 6.45) is 1.83. The molecule has 1 atom stereocenters. The van der Waals surface area contributed by atoms with Gasteiger partial charge >= 0.3 is 0 Å². The van der Waals surface area contributed by atoms with Gasteiger partial charge in [0.15, 0.2) is 5.78 Å². The van der Waals surface area contributed by atoms with Gasteiger partial charge in [-0.15, -0.1) is 0 Å². The summed E-state index contributed by atoms with van der Waals surface area (Å²) in [5, 5.41) is 0. The fourth-order valence-corrected chi connectivity index (χ4v) is 3.56.